The summed E-state index contributed by atoms with van der Waals surface area (Å²) in [6.07, 6.45) is 0. The number of carbonyl (C=O) groups excluding carboxylic acids is 2. The van der Waals surface area contributed by atoms with Gasteiger partial charge in [0.05, 0.1) is 18.2 Å². The molecule has 26 heavy (non-hydrogen) atoms. The molecular weight excluding hydrogens is 350 g/mol. The van der Waals surface area contributed by atoms with Crippen molar-refractivity contribution in [1.29, 1.82) is 0 Å². The minimum atomic E-state index is -0.502. The molecule has 0 radical (unpaired) electrons. The third-order valence-corrected chi connectivity index (χ3v) is 5.49. The monoisotopic (exact) mass is 375 g/mol. The largest absolute Gasteiger partial charge is 0.463 e. The fourth-order valence-corrected chi connectivity index (χ4v) is 4.16. The van der Waals surface area contributed by atoms with Crippen LogP contribution in [0.1, 0.15) is 24.1 Å². The van der Waals surface area contributed by atoms with Crippen molar-refractivity contribution in [2.45, 2.75) is 19.9 Å². The Hall–Kier alpha value is -1.99. The van der Waals surface area contributed by atoms with E-state index in [4.69, 9.17) is 4.74 Å². The summed E-state index contributed by atoms with van der Waals surface area (Å²) in [5.74, 6) is 1.75. The molecule has 2 amide bonds. The number of amides is 2. The average Bonchev–Trinajstić information content (AvgIpc) is 2.63. The Bertz CT molecular complexity index is 696. The normalized spacial score (nSPS) is 21.2. The van der Waals surface area contributed by atoms with Gasteiger partial charge in [-0.3, -0.25) is 4.90 Å². The number of aryl methyl sites for hydroxylation is 1. The van der Waals surface area contributed by atoms with Crippen molar-refractivity contribution in [3.8, 4) is 0 Å². The molecule has 2 heterocycles. The molecule has 2 aliphatic heterocycles. The lowest BCUT2D eigenvalue weighted by Crippen LogP contribution is -2.49. The number of carbonyl (C=O) groups is 2. The topological polar surface area (TPSA) is 70.7 Å². The highest BCUT2D eigenvalue weighted by atomic mass is 32.2. The van der Waals surface area contributed by atoms with E-state index < -0.39 is 6.04 Å². The van der Waals surface area contributed by atoms with Gasteiger partial charge in [0, 0.05) is 36.8 Å². The summed E-state index contributed by atoms with van der Waals surface area (Å²) >= 11 is 1.93. The van der Waals surface area contributed by atoms with Crippen LogP contribution < -0.4 is 10.6 Å². The van der Waals surface area contributed by atoms with Crippen LogP contribution >= 0.6 is 11.8 Å². The number of hydrogen-bond donors (Lipinski definition) is 2. The van der Waals surface area contributed by atoms with E-state index >= 15 is 0 Å². The SMILES string of the molecule is CCOC(=O)C1=C(CN2CCSCC2)NC(=O)N[C@@H]1c1ccc(C)cc1. The van der Waals surface area contributed by atoms with E-state index in [1.165, 1.54) is 0 Å². The number of ether oxygens (including phenoxy) is 1. The van der Waals surface area contributed by atoms with Crippen LogP contribution in [-0.2, 0) is 9.53 Å². The Kier molecular flexibility index (Phi) is 6.21. The first-order valence-corrected chi connectivity index (χ1v) is 10.1. The highest BCUT2D eigenvalue weighted by molar-refractivity contribution is 7.99. The van der Waals surface area contributed by atoms with Gasteiger partial charge in [0.2, 0.25) is 0 Å². The van der Waals surface area contributed by atoms with Crippen molar-refractivity contribution in [3.63, 3.8) is 0 Å². The van der Waals surface area contributed by atoms with Gasteiger partial charge in [-0.2, -0.15) is 11.8 Å². The Labute approximate surface area is 158 Å². The lowest BCUT2D eigenvalue weighted by atomic mass is 9.94. The summed E-state index contributed by atoms with van der Waals surface area (Å²) in [6.45, 7) is 6.53. The maximum atomic E-state index is 12.7. The van der Waals surface area contributed by atoms with E-state index in [0.717, 1.165) is 35.7 Å². The Morgan fingerprint density at radius 2 is 1.96 bits per heavy atom. The molecule has 1 aromatic rings. The molecule has 0 spiro atoms. The lowest BCUT2D eigenvalue weighted by Gasteiger charge is -2.33. The molecular formula is C19H25N3O3S. The van der Waals surface area contributed by atoms with E-state index in [1.54, 1.807) is 6.92 Å². The van der Waals surface area contributed by atoms with E-state index in [9.17, 15) is 9.59 Å². The zero-order chi connectivity index (χ0) is 18.5. The third kappa shape index (κ3) is 4.40. The maximum Gasteiger partial charge on any atom is 0.338 e. The van der Waals surface area contributed by atoms with E-state index in [2.05, 4.69) is 15.5 Å². The molecule has 140 valence electrons. The standard InChI is InChI=1S/C19H25N3O3S/c1-3-25-18(23)16-15(12-22-8-10-26-11-9-22)20-19(24)21-17(16)14-6-4-13(2)5-7-14/h4-7,17H,3,8-12H2,1-2H3,(H2,20,21,24)/t17-/m1/s1. The summed E-state index contributed by atoms with van der Waals surface area (Å²) in [6, 6.07) is 7.06. The van der Waals surface area contributed by atoms with Crippen LogP contribution in [0.3, 0.4) is 0 Å². The summed E-state index contributed by atoms with van der Waals surface area (Å²) in [5.41, 5.74) is 3.14. The number of esters is 1. The molecule has 2 N–H and O–H groups in total. The van der Waals surface area contributed by atoms with Crippen molar-refractivity contribution < 1.29 is 14.3 Å². The fraction of sp³-hybridized carbons (Fsp3) is 0.474. The van der Waals surface area contributed by atoms with Gasteiger partial charge in [0.1, 0.15) is 0 Å². The van der Waals surface area contributed by atoms with Crippen LogP contribution in [0.5, 0.6) is 0 Å². The van der Waals surface area contributed by atoms with Gasteiger partial charge in [-0.25, -0.2) is 9.59 Å². The molecule has 0 unspecified atom stereocenters. The third-order valence-electron chi connectivity index (χ3n) is 4.55. The summed E-state index contributed by atoms with van der Waals surface area (Å²) < 4.78 is 5.30. The first kappa shape index (κ1) is 18.8. The minimum absolute atomic E-state index is 0.287. The molecule has 2 aliphatic rings. The molecule has 1 saturated heterocycles. The molecule has 6 nitrogen and oxygen atoms in total. The Morgan fingerprint density at radius 3 is 2.62 bits per heavy atom. The molecule has 0 saturated carbocycles. The molecule has 7 heteroatoms. The first-order chi connectivity index (χ1) is 12.6. The van der Waals surface area contributed by atoms with Gasteiger partial charge in [-0.05, 0) is 19.4 Å². The van der Waals surface area contributed by atoms with Crippen molar-refractivity contribution >= 4 is 23.8 Å². The van der Waals surface area contributed by atoms with Gasteiger partial charge in [-0.1, -0.05) is 29.8 Å². The minimum Gasteiger partial charge on any atom is -0.463 e. The average molecular weight is 375 g/mol. The number of nitrogens with one attached hydrogen (secondary N) is 2. The summed E-state index contributed by atoms with van der Waals surface area (Å²) in [7, 11) is 0. The van der Waals surface area contributed by atoms with Crippen molar-refractivity contribution in [1.82, 2.24) is 15.5 Å². The molecule has 0 aromatic heterocycles. The van der Waals surface area contributed by atoms with Crippen LogP contribution in [-0.4, -0.2) is 54.6 Å². The lowest BCUT2D eigenvalue weighted by molar-refractivity contribution is -0.139. The molecule has 1 fully saturated rings. The van der Waals surface area contributed by atoms with Gasteiger partial charge < -0.3 is 15.4 Å². The summed E-state index contributed by atoms with van der Waals surface area (Å²) in [5, 5.41) is 5.72. The number of thioether (sulfide) groups is 1. The second-order valence-corrected chi connectivity index (χ2v) is 7.67. The van der Waals surface area contributed by atoms with E-state index in [1.807, 2.05) is 43.0 Å². The zero-order valence-corrected chi connectivity index (χ0v) is 16.0. The van der Waals surface area contributed by atoms with Gasteiger partial charge in [0.25, 0.3) is 0 Å². The van der Waals surface area contributed by atoms with Crippen LogP contribution in [0.2, 0.25) is 0 Å². The fourth-order valence-electron chi connectivity index (χ4n) is 3.18. The van der Waals surface area contributed by atoms with Crippen molar-refractivity contribution in [2.24, 2.45) is 0 Å². The number of benzene rings is 1. The Balaban J connectivity index is 1.96. The van der Waals surface area contributed by atoms with Crippen LogP contribution in [0.4, 0.5) is 4.79 Å². The predicted molar refractivity (Wildman–Crippen MR) is 103 cm³/mol. The van der Waals surface area contributed by atoms with Crippen LogP contribution in [0.25, 0.3) is 0 Å². The van der Waals surface area contributed by atoms with E-state index in [-0.39, 0.29) is 12.0 Å². The maximum absolute atomic E-state index is 12.7. The van der Waals surface area contributed by atoms with Gasteiger partial charge in [0.15, 0.2) is 0 Å². The molecule has 0 aliphatic carbocycles. The van der Waals surface area contributed by atoms with Crippen LogP contribution in [0, 0.1) is 6.92 Å². The number of rotatable bonds is 5. The molecule has 0 bridgehead atoms. The van der Waals surface area contributed by atoms with E-state index in [0.29, 0.717) is 24.4 Å². The molecule has 1 aromatic carbocycles. The smallest absolute Gasteiger partial charge is 0.338 e. The quantitative estimate of drug-likeness (QED) is 0.772. The number of urea groups is 1. The zero-order valence-electron chi connectivity index (χ0n) is 15.2. The highest BCUT2D eigenvalue weighted by Crippen LogP contribution is 2.28. The van der Waals surface area contributed by atoms with Crippen molar-refractivity contribution in [3.05, 3.63) is 46.7 Å². The highest BCUT2D eigenvalue weighted by Gasteiger charge is 2.34. The number of hydrogen-bond acceptors (Lipinski definition) is 5. The van der Waals surface area contributed by atoms with Crippen LogP contribution in [0.15, 0.2) is 35.5 Å². The second-order valence-electron chi connectivity index (χ2n) is 6.44. The Morgan fingerprint density at radius 1 is 1.27 bits per heavy atom. The second kappa shape index (κ2) is 8.60. The van der Waals surface area contributed by atoms with Gasteiger partial charge >= 0.3 is 12.0 Å². The first-order valence-electron chi connectivity index (χ1n) is 8.93. The number of nitrogens with zero attached hydrogens (tertiary/aromatic N) is 1. The van der Waals surface area contributed by atoms with Crippen molar-refractivity contribution in [2.75, 3.05) is 37.7 Å². The molecule has 3 rings (SSSR count). The summed E-state index contributed by atoms with van der Waals surface area (Å²) in [4.78, 5) is 27.2. The predicted octanol–water partition coefficient (Wildman–Crippen LogP) is 2.21. The van der Waals surface area contributed by atoms with Gasteiger partial charge in [-0.15, -0.1) is 0 Å². The molecule has 1 atom stereocenters.